The minimum absolute atomic E-state index is 0.265. The zero-order chi connectivity index (χ0) is 16.9. The minimum atomic E-state index is -0.695. The Morgan fingerprint density at radius 2 is 1.54 bits per heavy atom. The Labute approximate surface area is 144 Å². The van der Waals surface area contributed by atoms with Gasteiger partial charge in [-0.05, 0) is 40.6 Å². The highest BCUT2D eigenvalue weighted by Gasteiger charge is 2.13. The van der Waals surface area contributed by atoms with Crippen LogP contribution in [0.5, 0.6) is 0 Å². The highest BCUT2D eigenvalue weighted by Crippen LogP contribution is 2.18. The third kappa shape index (κ3) is 3.91. The van der Waals surface area contributed by atoms with E-state index in [1.807, 2.05) is 36.4 Å². The highest BCUT2D eigenvalue weighted by molar-refractivity contribution is 6.39. The van der Waals surface area contributed by atoms with Crippen molar-refractivity contribution < 1.29 is 9.59 Å². The quantitative estimate of drug-likeness (QED) is 0.715. The molecule has 0 aliphatic rings. The molecule has 2 N–H and O–H groups in total. The van der Waals surface area contributed by atoms with Crippen molar-refractivity contribution >= 4 is 39.9 Å². The van der Waals surface area contributed by atoms with Gasteiger partial charge in [0.05, 0.1) is 0 Å². The molecule has 3 rings (SSSR count). The average Bonchev–Trinajstić information content (AvgIpc) is 2.61. The molecule has 0 aliphatic heterocycles. The molecular weight excluding hydrogens is 324 g/mol. The molecule has 0 atom stereocenters. The molecule has 0 unspecified atom stereocenters. The number of anilines is 1. The molecule has 2 amide bonds. The number of benzene rings is 3. The Balaban J connectivity index is 1.60. The van der Waals surface area contributed by atoms with E-state index in [4.69, 9.17) is 11.6 Å². The maximum Gasteiger partial charge on any atom is 0.313 e. The first kappa shape index (κ1) is 16.0. The van der Waals surface area contributed by atoms with E-state index in [2.05, 4.69) is 10.6 Å². The van der Waals surface area contributed by atoms with E-state index in [9.17, 15) is 9.59 Å². The lowest BCUT2D eigenvalue weighted by molar-refractivity contribution is -0.136. The summed E-state index contributed by atoms with van der Waals surface area (Å²) in [5.74, 6) is -1.38. The number of hydrogen-bond acceptors (Lipinski definition) is 2. The molecule has 0 saturated heterocycles. The highest BCUT2D eigenvalue weighted by atomic mass is 35.5. The largest absolute Gasteiger partial charge is 0.344 e. The summed E-state index contributed by atoms with van der Waals surface area (Å²) in [5.41, 5.74) is 1.45. The maximum absolute atomic E-state index is 12.0. The Kier molecular flexibility index (Phi) is 4.77. The monoisotopic (exact) mass is 338 g/mol. The van der Waals surface area contributed by atoms with Crippen LogP contribution in [-0.2, 0) is 16.1 Å². The first-order valence-corrected chi connectivity index (χ1v) is 7.82. The lowest BCUT2D eigenvalue weighted by atomic mass is 10.1. The van der Waals surface area contributed by atoms with Crippen LogP contribution in [0, 0.1) is 0 Å². The first-order valence-electron chi connectivity index (χ1n) is 7.44. The van der Waals surface area contributed by atoms with Crippen LogP contribution in [0.2, 0.25) is 5.02 Å². The molecule has 0 spiro atoms. The summed E-state index contributed by atoms with van der Waals surface area (Å²) >= 11 is 5.81. The maximum atomic E-state index is 12.0. The van der Waals surface area contributed by atoms with Gasteiger partial charge in [-0.15, -0.1) is 0 Å². The number of amides is 2. The summed E-state index contributed by atoms with van der Waals surface area (Å²) in [5, 5.41) is 7.88. The zero-order valence-corrected chi connectivity index (χ0v) is 13.5. The summed E-state index contributed by atoms with van der Waals surface area (Å²) < 4.78 is 0. The van der Waals surface area contributed by atoms with Gasteiger partial charge in [0.1, 0.15) is 0 Å². The predicted octanol–water partition coefficient (Wildman–Crippen LogP) is 3.75. The van der Waals surface area contributed by atoms with Crippen LogP contribution < -0.4 is 10.6 Å². The number of rotatable bonds is 3. The van der Waals surface area contributed by atoms with Crippen molar-refractivity contribution in [2.75, 3.05) is 5.32 Å². The fraction of sp³-hybridized carbons (Fsp3) is 0.0526. The first-order chi connectivity index (χ1) is 11.6. The van der Waals surface area contributed by atoms with Crippen molar-refractivity contribution in [2.24, 2.45) is 0 Å². The Bertz CT molecular complexity index is 891. The lowest BCUT2D eigenvalue weighted by Crippen LogP contribution is -2.34. The van der Waals surface area contributed by atoms with Gasteiger partial charge in [-0.2, -0.15) is 0 Å². The molecule has 0 radical (unpaired) electrons. The van der Waals surface area contributed by atoms with Crippen LogP contribution in [0.4, 0.5) is 5.69 Å². The van der Waals surface area contributed by atoms with Gasteiger partial charge in [-0.3, -0.25) is 9.59 Å². The van der Waals surface area contributed by atoms with Gasteiger partial charge < -0.3 is 10.6 Å². The number of nitrogens with one attached hydrogen (secondary N) is 2. The van der Waals surface area contributed by atoms with E-state index >= 15 is 0 Å². The predicted molar refractivity (Wildman–Crippen MR) is 95.9 cm³/mol. The summed E-state index contributed by atoms with van der Waals surface area (Å²) in [7, 11) is 0. The fourth-order valence-corrected chi connectivity index (χ4v) is 2.45. The smallest absolute Gasteiger partial charge is 0.313 e. The van der Waals surface area contributed by atoms with Gasteiger partial charge in [-0.25, -0.2) is 0 Å². The third-order valence-electron chi connectivity index (χ3n) is 3.58. The number of hydrogen-bond donors (Lipinski definition) is 2. The molecule has 3 aromatic carbocycles. The van der Waals surface area contributed by atoms with Crippen molar-refractivity contribution in [3.05, 3.63) is 77.3 Å². The third-order valence-corrected chi connectivity index (χ3v) is 3.83. The second kappa shape index (κ2) is 7.15. The topological polar surface area (TPSA) is 58.2 Å². The van der Waals surface area contributed by atoms with Crippen LogP contribution in [0.25, 0.3) is 10.8 Å². The van der Waals surface area contributed by atoms with Gasteiger partial charge >= 0.3 is 11.8 Å². The van der Waals surface area contributed by atoms with E-state index in [1.165, 1.54) is 0 Å². The van der Waals surface area contributed by atoms with E-state index in [-0.39, 0.29) is 6.54 Å². The minimum Gasteiger partial charge on any atom is -0.344 e. The number of halogens is 1. The van der Waals surface area contributed by atoms with Gasteiger partial charge in [0, 0.05) is 17.3 Å². The molecule has 0 fully saturated rings. The molecular formula is C19H15ClN2O2. The van der Waals surface area contributed by atoms with E-state index < -0.39 is 11.8 Å². The lowest BCUT2D eigenvalue weighted by Gasteiger charge is -2.08. The van der Waals surface area contributed by atoms with Crippen molar-refractivity contribution in [3.63, 3.8) is 0 Å². The molecule has 0 saturated carbocycles. The number of carbonyl (C=O) groups is 2. The van der Waals surface area contributed by atoms with Crippen LogP contribution in [0.15, 0.2) is 66.7 Å². The standard InChI is InChI=1S/C19H15ClN2O2/c20-16-8-5-13(6-9-16)12-21-18(23)19(24)22-17-10-7-14-3-1-2-4-15(14)11-17/h1-11H,12H2,(H,21,23)(H,22,24). The Morgan fingerprint density at radius 1 is 0.833 bits per heavy atom. The SMILES string of the molecule is O=C(NCc1ccc(Cl)cc1)C(=O)Nc1ccc2ccccc2c1. The zero-order valence-electron chi connectivity index (χ0n) is 12.8. The molecule has 4 nitrogen and oxygen atoms in total. The number of carbonyl (C=O) groups excluding carboxylic acids is 2. The van der Waals surface area contributed by atoms with Crippen LogP contribution >= 0.6 is 11.6 Å². The van der Waals surface area contributed by atoms with Gasteiger partial charge in [0.15, 0.2) is 0 Å². The molecule has 24 heavy (non-hydrogen) atoms. The van der Waals surface area contributed by atoms with Crippen LogP contribution in [0.3, 0.4) is 0 Å². The van der Waals surface area contributed by atoms with Crippen LogP contribution in [-0.4, -0.2) is 11.8 Å². The van der Waals surface area contributed by atoms with Crippen LogP contribution in [0.1, 0.15) is 5.56 Å². The molecule has 0 bridgehead atoms. The Morgan fingerprint density at radius 3 is 2.29 bits per heavy atom. The summed E-state index contributed by atoms with van der Waals surface area (Å²) in [6, 6.07) is 20.4. The molecule has 3 aromatic rings. The molecule has 0 aromatic heterocycles. The molecule has 0 aliphatic carbocycles. The van der Waals surface area contributed by atoms with Gasteiger partial charge in [-0.1, -0.05) is 54.1 Å². The molecule has 5 heteroatoms. The van der Waals surface area contributed by atoms with Gasteiger partial charge in [0.2, 0.25) is 0 Å². The van der Waals surface area contributed by atoms with E-state index in [0.29, 0.717) is 10.7 Å². The second-order valence-corrected chi connectivity index (χ2v) is 5.76. The van der Waals surface area contributed by atoms with E-state index in [1.54, 1.807) is 30.3 Å². The van der Waals surface area contributed by atoms with Gasteiger partial charge in [0.25, 0.3) is 0 Å². The second-order valence-electron chi connectivity index (χ2n) is 5.33. The summed E-state index contributed by atoms with van der Waals surface area (Å²) in [6.45, 7) is 0.265. The fourth-order valence-electron chi connectivity index (χ4n) is 2.32. The van der Waals surface area contributed by atoms with Crippen molar-refractivity contribution in [2.45, 2.75) is 6.54 Å². The molecule has 120 valence electrons. The van der Waals surface area contributed by atoms with Crippen molar-refractivity contribution in [3.8, 4) is 0 Å². The summed E-state index contributed by atoms with van der Waals surface area (Å²) in [6.07, 6.45) is 0. The summed E-state index contributed by atoms with van der Waals surface area (Å²) in [4.78, 5) is 23.9. The van der Waals surface area contributed by atoms with E-state index in [0.717, 1.165) is 16.3 Å². The normalized spacial score (nSPS) is 10.4. The van der Waals surface area contributed by atoms with Crippen molar-refractivity contribution in [1.29, 1.82) is 0 Å². The van der Waals surface area contributed by atoms with Crippen molar-refractivity contribution in [1.82, 2.24) is 5.32 Å². The number of fused-ring (bicyclic) bond motifs is 1. The Hall–Kier alpha value is -2.85. The average molecular weight is 339 g/mol. The molecule has 0 heterocycles.